The van der Waals surface area contributed by atoms with Crippen molar-refractivity contribution in [1.82, 2.24) is 4.90 Å². The zero-order valence-corrected chi connectivity index (χ0v) is 18.9. The Morgan fingerprint density at radius 1 is 1.13 bits per heavy atom. The SMILES string of the molecule is CCOc1cc(/C=C2\SC(=O)N(CC(=O)O[C@H](C)CC)C2=O)ccc1OCC(C)C. The van der Waals surface area contributed by atoms with Crippen LogP contribution in [0.4, 0.5) is 4.79 Å². The van der Waals surface area contributed by atoms with Crippen molar-refractivity contribution in [2.75, 3.05) is 19.8 Å². The third-order valence-corrected chi connectivity index (χ3v) is 5.11. The molecule has 7 nitrogen and oxygen atoms in total. The molecule has 1 atom stereocenters. The van der Waals surface area contributed by atoms with Crippen molar-refractivity contribution in [2.24, 2.45) is 5.92 Å². The first kappa shape index (κ1) is 23.8. The van der Waals surface area contributed by atoms with E-state index in [1.807, 2.05) is 13.8 Å². The van der Waals surface area contributed by atoms with Crippen molar-refractivity contribution in [1.29, 1.82) is 0 Å². The molecule has 1 fully saturated rings. The largest absolute Gasteiger partial charge is 0.490 e. The van der Waals surface area contributed by atoms with Crippen LogP contribution in [0.15, 0.2) is 23.1 Å². The molecule has 0 aromatic heterocycles. The first-order valence-electron chi connectivity index (χ1n) is 10.1. The van der Waals surface area contributed by atoms with E-state index < -0.39 is 23.7 Å². The van der Waals surface area contributed by atoms with Crippen LogP contribution in [0.2, 0.25) is 0 Å². The predicted molar refractivity (Wildman–Crippen MR) is 116 cm³/mol. The molecule has 0 saturated carbocycles. The smallest absolute Gasteiger partial charge is 0.326 e. The summed E-state index contributed by atoms with van der Waals surface area (Å²) in [5.41, 5.74) is 0.697. The summed E-state index contributed by atoms with van der Waals surface area (Å²) in [4.78, 5) is 38.0. The van der Waals surface area contributed by atoms with Gasteiger partial charge in [-0.15, -0.1) is 0 Å². The fourth-order valence-electron chi connectivity index (χ4n) is 2.52. The Bertz CT molecular complexity index is 820. The molecule has 0 N–H and O–H groups in total. The summed E-state index contributed by atoms with van der Waals surface area (Å²) in [7, 11) is 0. The Hall–Kier alpha value is -2.48. The van der Waals surface area contributed by atoms with Crippen LogP contribution in [-0.2, 0) is 14.3 Å². The van der Waals surface area contributed by atoms with Gasteiger partial charge < -0.3 is 14.2 Å². The number of nitrogens with zero attached hydrogens (tertiary/aromatic N) is 1. The van der Waals surface area contributed by atoms with Gasteiger partial charge in [0.2, 0.25) is 0 Å². The molecule has 0 spiro atoms. The molecular weight excluding hydrogens is 406 g/mol. The summed E-state index contributed by atoms with van der Waals surface area (Å²) in [6.07, 6.45) is 2.01. The van der Waals surface area contributed by atoms with Crippen LogP contribution in [0.1, 0.15) is 46.6 Å². The first-order chi connectivity index (χ1) is 14.2. The van der Waals surface area contributed by atoms with Crippen LogP contribution in [0, 0.1) is 5.92 Å². The number of esters is 1. The molecule has 1 aliphatic heterocycles. The number of rotatable bonds is 10. The van der Waals surface area contributed by atoms with Gasteiger partial charge in [-0.2, -0.15) is 0 Å². The van der Waals surface area contributed by atoms with Crippen molar-refractivity contribution >= 4 is 35.0 Å². The second kappa shape index (κ2) is 11.1. The molecule has 30 heavy (non-hydrogen) atoms. The number of hydrogen-bond acceptors (Lipinski definition) is 7. The van der Waals surface area contributed by atoms with Gasteiger partial charge in [0.05, 0.1) is 24.2 Å². The highest BCUT2D eigenvalue weighted by molar-refractivity contribution is 8.18. The van der Waals surface area contributed by atoms with E-state index in [0.29, 0.717) is 42.6 Å². The molecule has 0 unspecified atom stereocenters. The minimum absolute atomic E-state index is 0.245. The zero-order chi connectivity index (χ0) is 22.3. The molecule has 2 amide bonds. The lowest BCUT2D eigenvalue weighted by Gasteiger charge is -2.15. The van der Waals surface area contributed by atoms with Crippen LogP contribution >= 0.6 is 11.8 Å². The number of carbonyl (C=O) groups excluding carboxylic acids is 3. The monoisotopic (exact) mass is 435 g/mol. The number of hydrogen-bond donors (Lipinski definition) is 0. The molecule has 2 rings (SSSR count). The number of imide groups is 1. The molecule has 1 saturated heterocycles. The molecule has 8 heteroatoms. The number of benzene rings is 1. The standard InChI is InChI=1S/C22H29NO6S/c1-6-15(5)29-20(24)12-23-21(25)19(30-22(23)26)11-16-8-9-17(28-13-14(3)4)18(10-16)27-7-2/h8-11,14-15H,6-7,12-13H2,1-5H3/b19-11-/t15-/m1/s1. The highest BCUT2D eigenvalue weighted by Crippen LogP contribution is 2.34. The van der Waals surface area contributed by atoms with Crippen molar-refractivity contribution in [3.8, 4) is 11.5 Å². The third-order valence-electron chi connectivity index (χ3n) is 4.21. The van der Waals surface area contributed by atoms with E-state index >= 15 is 0 Å². The van der Waals surface area contributed by atoms with Gasteiger partial charge in [-0.25, -0.2) is 0 Å². The Morgan fingerprint density at radius 3 is 2.50 bits per heavy atom. The van der Waals surface area contributed by atoms with Gasteiger partial charge >= 0.3 is 5.97 Å². The van der Waals surface area contributed by atoms with Gasteiger partial charge in [0.1, 0.15) is 6.54 Å². The van der Waals surface area contributed by atoms with E-state index in [0.717, 1.165) is 16.7 Å². The zero-order valence-electron chi connectivity index (χ0n) is 18.1. The minimum Gasteiger partial charge on any atom is -0.490 e. The maximum Gasteiger partial charge on any atom is 0.326 e. The van der Waals surface area contributed by atoms with Crippen LogP contribution in [0.5, 0.6) is 11.5 Å². The van der Waals surface area contributed by atoms with Gasteiger partial charge in [-0.3, -0.25) is 19.3 Å². The van der Waals surface area contributed by atoms with Gasteiger partial charge in [-0.05, 0) is 61.7 Å². The maximum absolute atomic E-state index is 12.6. The third kappa shape index (κ3) is 6.52. The number of thioether (sulfide) groups is 1. The molecule has 1 aromatic carbocycles. The minimum atomic E-state index is -0.599. The summed E-state index contributed by atoms with van der Waals surface area (Å²) < 4.78 is 16.6. The van der Waals surface area contributed by atoms with Gasteiger partial charge in [0, 0.05) is 0 Å². The Morgan fingerprint density at radius 2 is 1.87 bits per heavy atom. The molecule has 0 bridgehead atoms. The molecule has 1 heterocycles. The fraction of sp³-hybridized carbons (Fsp3) is 0.500. The van der Waals surface area contributed by atoms with E-state index in [-0.39, 0.29) is 11.0 Å². The Labute approximate surface area is 181 Å². The molecular formula is C22H29NO6S. The topological polar surface area (TPSA) is 82.1 Å². The number of ether oxygens (including phenoxy) is 3. The van der Waals surface area contributed by atoms with Crippen molar-refractivity contribution in [2.45, 2.75) is 47.1 Å². The summed E-state index contributed by atoms with van der Waals surface area (Å²) in [5, 5.41) is -0.491. The molecule has 1 aromatic rings. The van der Waals surface area contributed by atoms with Crippen LogP contribution < -0.4 is 9.47 Å². The van der Waals surface area contributed by atoms with E-state index in [2.05, 4.69) is 13.8 Å². The Balaban J connectivity index is 2.16. The quantitative estimate of drug-likeness (QED) is 0.395. The lowest BCUT2D eigenvalue weighted by atomic mass is 10.1. The average molecular weight is 436 g/mol. The summed E-state index contributed by atoms with van der Waals surface area (Å²) >= 11 is 0.800. The average Bonchev–Trinajstić information content (AvgIpc) is 2.94. The van der Waals surface area contributed by atoms with E-state index in [4.69, 9.17) is 14.2 Å². The number of carbonyl (C=O) groups is 3. The van der Waals surface area contributed by atoms with Crippen molar-refractivity contribution in [3.63, 3.8) is 0 Å². The maximum atomic E-state index is 12.6. The van der Waals surface area contributed by atoms with Gasteiger partial charge in [-0.1, -0.05) is 26.8 Å². The Kier molecular flexibility index (Phi) is 8.77. The lowest BCUT2D eigenvalue weighted by molar-refractivity contribution is -0.150. The highest BCUT2D eigenvalue weighted by Gasteiger charge is 2.36. The van der Waals surface area contributed by atoms with E-state index in [9.17, 15) is 14.4 Å². The van der Waals surface area contributed by atoms with Gasteiger partial charge in [0.25, 0.3) is 11.1 Å². The van der Waals surface area contributed by atoms with Crippen molar-refractivity contribution in [3.05, 3.63) is 28.7 Å². The summed E-state index contributed by atoms with van der Waals surface area (Å²) in [6, 6.07) is 5.35. The van der Waals surface area contributed by atoms with E-state index in [1.54, 1.807) is 31.2 Å². The predicted octanol–water partition coefficient (Wildman–Crippen LogP) is 4.50. The second-order valence-electron chi connectivity index (χ2n) is 7.32. The molecule has 0 radical (unpaired) electrons. The van der Waals surface area contributed by atoms with E-state index in [1.165, 1.54) is 0 Å². The summed E-state index contributed by atoms with van der Waals surface area (Å²) in [5.74, 6) is 0.465. The fourth-order valence-corrected chi connectivity index (χ4v) is 3.36. The molecule has 0 aliphatic carbocycles. The van der Waals surface area contributed by atoms with Crippen LogP contribution in [0.3, 0.4) is 0 Å². The first-order valence-corrected chi connectivity index (χ1v) is 10.9. The van der Waals surface area contributed by atoms with Crippen molar-refractivity contribution < 1.29 is 28.6 Å². The second-order valence-corrected chi connectivity index (χ2v) is 8.31. The van der Waals surface area contributed by atoms with Crippen LogP contribution in [0.25, 0.3) is 6.08 Å². The van der Waals surface area contributed by atoms with Gasteiger partial charge in [0.15, 0.2) is 11.5 Å². The molecule has 164 valence electrons. The summed E-state index contributed by atoms with van der Waals surface area (Å²) in [6.45, 7) is 10.3. The molecule has 1 aliphatic rings. The number of amides is 2. The van der Waals surface area contributed by atoms with Crippen LogP contribution in [-0.4, -0.2) is 47.9 Å². The lowest BCUT2D eigenvalue weighted by Crippen LogP contribution is -2.35. The highest BCUT2D eigenvalue weighted by atomic mass is 32.2. The normalized spacial score (nSPS) is 16.3.